The van der Waals surface area contributed by atoms with E-state index in [0.29, 0.717) is 19.7 Å². The first-order valence-corrected chi connectivity index (χ1v) is 7.49. The topological polar surface area (TPSA) is 67.3 Å². The second kappa shape index (κ2) is 5.62. The van der Waals surface area contributed by atoms with E-state index in [1.807, 2.05) is 18.4 Å². The van der Waals surface area contributed by atoms with Gasteiger partial charge in [0.05, 0.1) is 12.0 Å². The van der Waals surface area contributed by atoms with E-state index in [9.17, 15) is 4.79 Å². The van der Waals surface area contributed by atoms with Crippen molar-refractivity contribution in [1.82, 2.24) is 14.9 Å². The molecule has 2 aromatic heterocycles. The quantitative estimate of drug-likeness (QED) is 0.936. The number of nitrogens with one attached hydrogen (secondary N) is 1. The number of carbonyl (C=O) groups is 1. The van der Waals surface area contributed by atoms with Crippen molar-refractivity contribution in [2.45, 2.75) is 13.3 Å². The summed E-state index contributed by atoms with van der Waals surface area (Å²) in [7, 11) is 0. The highest BCUT2D eigenvalue weighted by molar-refractivity contribution is 7.16. The van der Waals surface area contributed by atoms with Gasteiger partial charge in [-0.05, 0) is 24.8 Å². The number of hydrogen-bond donors (Lipinski definition) is 1. The van der Waals surface area contributed by atoms with E-state index < -0.39 is 0 Å². The first kappa shape index (κ1) is 13.1. The van der Waals surface area contributed by atoms with Crippen molar-refractivity contribution in [3.05, 3.63) is 17.3 Å². The molecule has 20 heavy (non-hydrogen) atoms. The minimum absolute atomic E-state index is 0.224. The Hall–Kier alpha value is -1.89. The summed E-state index contributed by atoms with van der Waals surface area (Å²) in [6, 6.07) is 2.01. The van der Waals surface area contributed by atoms with Gasteiger partial charge in [0, 0.05) is 19.6 Å². The molecule has 1 saturated heterocycles. The van der Waals surface area contributed by atoms with Gasteiger partial charge in [0.15, 0.2) is 0 Å². The zero-order valence-corrected chi connectivity index (χ0v) is 12.1. The molecular formula is C13H16N4O2S. The molecule has 1 aliphatic heterocycles. The molecule has 7 heteroatoms. The lowest BCUT2D eigenvalue weighted by atomic mass is 10.3. The Labute approximate surface area is 120 Å². The second-order valence-corrected chi connectivity index (χ2v) is 5.54. The minimum atomic E-state index is -0.224. The molecule has 6 nitrogen and oxygen atoms in total. The van der Waals surface area contributed by atoms with Crippen LogP contribution in [0.5, 0.6) is 0 Å². The summed E-state index contributed by atoms with van der Waals surface area (Å²) in [6.45, 7) is 4.44. The lowest BCUT2D eigenvalue weighted by Crippen LogP contribution is -2.40. The summed E-state index contributed by atoms with van der Waals surface area (Å²) in [5.41, 5.74) is 0. The molecule has 106 valence electrons. The Morgan fingerprint density at radius 1 is 1.50 bits per heavy atom. The number of cyclic esters (lactones) is 1. The first-order chi connectivity index (χ1) is 9.74. The number of amides is 1. The monoisotopic (exact) mass is 292 g/mol. The summed E-state index contributed by atoms with van der Waals surface area (Å²) < 4.78 is 5.01. The van der Waals surface area contributed by atoms with Crippen molar-refractivity contribution in [1.29, 1.82) is 0 Å². The molecule has 1 amide bonds. The largest absolute Gasteiger partial charge is 0.449 e. The van der Waals surface area contributed by atoms with E-state index in [2.05, 4.69) is 15.3 Å². The Bertz CT molecular complexity index is 628. The van der Waals surface area contributed by atoms with Gasteiger partial charge in [0.1, 0.15) is 16.5 Å². The number of aromatic nitrogens is 2. The van der Waals surface area contributed by atoms with Crippen LogP contribution in [-0.2, 0) is 4.74 Å². The first-order valence-electron chi connectivity index (χ1n) is 6.61. The zero-order chi connectivity index (χ0) is 13.9. The van der Waals surface area contributed by atoms with Gasteiger partial charge in [0.2, 0.25) is 0 Å². The van der Waals surface area contributed by atoms with Crippen LogP contribution in [-0.4, -0.2) is 47.2 Å². The number of carbonyl (C=O) groups excluding carboxylic acids is 1. The Kier molecular flexibility index (Phi) is 3.68. The van der Waals surface area contributed by atoms with Crippen LogP contribution < -0.4 is 5.32 Å². The molecule has 0 aliphatic carbocycles. The van der Waals surface area contributed by atoms with E-state index in [1.165, 1.54) is 0 Å². The predicted octanol–water partition coefficient (Wildman–Crippen LogP) is 2.25. The fraction of sp³-hybridized carbons (Fsp3) is 0.462. The Morgan fingerprint density at radius 3 is 3.25 bits per heavy atom. The minimum Gasteiger partial charge on any atom is -0.449 e. The third-order valence-electron chi connectivity index (χ3n) is 3.17. The second-order valence-electron chi connectivity index (χ2n) is 4.64. The maximum Gasteiger partial charge on any atom is 0.409 e. The Morgan fingerprint density at radius 2 is 2.40 bits per heavy atom. The molecule has 0 bridgehead atoms. The normalized spacial score (nSPS) is 15.4. The van der Waals surface area contributed by atoms with Crippen molar-refractivity contribution < 1.29 is 9.53 Å². The molecule has 3 rings (SSSR count). The van der Waals surface area contributed by atoms with Crippen LogP contribution >= 0.6 is 11.3 Å². The van der Waals surface area contributed by atoms with Crippen LogP contribution in [0.4, 0.5) is 10.6 Å². The number of ether oxygens (including phenoxy) is 1. The van der Waals surface area contributed by atoms with E-state index in [-0.39, 0.29) is 6.09 Å². The average Bonchev–Trinajstić information content (AvgIpc) is 2.89. The molecule has 0 spiro atoms. The summed E-state index contributed by atoms with van der Waals surface area (Å²) in [5, 5.41) is 6.32. The fourth-order valence-corrected chi connectivity index (χ4v) is 3.02. The van der Waals surface area contributed by atoms with Gasteiger partial charge >= 0.3 is 6.09 Å². The number of fused-ring (bicyclic) bond motifs is 1. The highest BCUT2D eigenvalue weighted by Crippen LogP contribution is 2.24. The van der Waals surface area contributed by atoms with Gasteiger partial charge in [-0.15, -0.1) is 11.3 Å². The van der Waals surface area contributed by atoms with E-state index in [0.717, 1.165) is 34.8 Å². The molecule has 0 saturated carbocycles. The van der Waals surface area contributed by atoms with Crippen molar-refractivity contribution in [2.75, 3.05) is 31.6 Å². The average molecular weight is 292 g/mol. The Balaban J connectivity index is 1.65. The van der Waals surface area contributed by atoms with Crippen molar-refractivity contribution >= 4 is 33.5 Å². The van der Waals surface area contributed by atoms with Gasteiger partial charge in [0.25, 0.3) is 0 Å². The van der Waals surface area contributed by atoms with Gasteiger partial charge in [-0.3, -0.25) is 0 Å². The number of hydrogen-bond acceptors (Lipinski definition) is 6. The van der Waals surface area contributed by atoms with Crippen LogP contribution in [0, 0.1) is 6.92 Å². The molecule has 0 atom stereocenters. The molecule has 1 fully saturated rings. The van der Waals surface area contributed by atoms with Crippen molar-refractivity contribution in [2.24, 2.45) is 0 Å². The van der Waals surface area contributed by atoms with Crippen LogP contribution in [0.15, 0.2) is 11.4 Å². The zero-order valence-electron chi connectivity index (χ0n) is 11.3. The molecule has 0 unspecified atom stereocenters. The molecule has 1 N–H and O–H groups in total. The summed E-state index contributed by atoms with van der Waals surface area (Å²) in [5.74, 6) is 1.58. The number of nitrogens with zero attached hydrogens (tertiary/aromatic N) is 3. The van der Waals surface area contributed by atoms with Crippen LogP contribution in [0.2, 0.25) is 0 Å². The van der Waals surface area contributed by atoms with Crippen LogP contribution in [0.25, 0.3) is 10.2 Å². The van der Waals surface area contributed by atoms with Crippen LogP contribution in [0.3, 0.4) is 0 Å². The van der Waals surface area contributed by atoms with Crippen LogP contribution in [0.1, 0.15) is 12.2 Å². The van der Waals surface area contributed by atoms with E-state index >= 15 is 0 Å². The number of anilines is 1. The third-order valence-corrected chi connectivity index (χ3v) is 3.97. The van der Waals surface area contributed by atoms with Crippen molar-refractivity contribution in [3.63, 3.8) is 0 Å². The van der Waals surface area contributed by atoms with E-state index in [1.54, 1.807) is 16.2 Å². The molecule has 3 heterocycles. The molecular weight excluding hydrogens is 276 g/mol. The standard InChI is InChI=1S/C13H16N4O2S/c1-9-15-11(10-3-8-20-12(10)16-9)14-4-6-17-5-2-7-19-13(17)18/h3,8H,2,4-7H2,1H3,(H,14,15,16). The molecule has 1 aliphatic rings. The van der Waals surface area contributed by atoms with Gasteiger partial charge in [-0.25, -0.2) is 14.8 Å². The summed E-state index contributed by atoms with van der Waals surface area (Å²) in [4.78, 5) is 23.0. The van der Waals surface area contributed by atoms with Gasteiger partial charge < -0.3 is 15.0 Å². The van der Waals surface area contributed by atoms with Gasteiger partial charge in [-0.1, -0.05) is 0 Å². The third kappa shape index (κ3) is 2.67. The highest BCUT2D eigenvalue weighted by Gasteiger charge is 2.18. The number of thiophene rings is 1. The lowest BCUT2D eigenvalue weighted by Gasteiger charge is -2.26. The number of aryl methyl sites for hydroxylation is 1. The smallest absolute Gasteiger partial charge is 0.409 e. The predicted molar refractivity (Wildman–Crippen MR) is 78.2 cm³/mol. The fourth-order valence-electron chi connectivity index (χ4n) is 2.21. The summed E-state index contributed by atoms with van der Waals surface area (Å²) in [6.07, 6.45) is 0.672. The lowest BCUT2D eigenvalue weighted by molar-refractivity contribution is 0.0746. The van der Waals surface area contributed by atoms with E-state index in [4.69, 9.17) is 4.74 Å². The van der Waals surface area contributed by atoms with Gasteiger partial charge in [-0.2, -0.15) is 0 Å². The maximum absolute atomic E-state index is 11.5. The van der Waals surface area contributed by atoms with Crippen molar-refractivity contribution in [3.8, 4) is 0 Å². The maximum atomic E-state index is 11.5. The molecule has 0 aromatic carbocycles. The molecule has 2 aromatic rings. The summed E-state index contributed by atoms with van der Waals surface area (Å²) >= 11 is 1.60. The molecule has 0 radical (unpaired) electrons. The highest BCUT2D eigenvalue weighted by atomic mass is 32.1. The SMILES string of the molecule is Cc1nc(NCCN2CCCOC2=O)c2ccsc2n1. The number of rotatable bonds is 4.